The van der Waals surface area contributed by atoms with Crippen LogP contribution in [0.1, 0.15) is 31.7 Å². The summed E-state index contributed by atoms with van der Waals surface area (Å²) in [7, 11) is 0. The number of ether oxygens (including phenoxy) is 1. The molecule has 1 aliphatic rings. The summed E-state index contributed by atoms with van der Waals surface area (Å²) < 4.78 is 11.4. The van der Waals surface area contributed by atoms with Crippen LogP contribution >= 0.6 is 0 Å². The lowest BCUT2D eigenvalue weighted by Gasteiger charge is -2.36. The highest BCUT2D eigenvalue weighted by Crippen LogP contribution is 2.21. The van der Waals surface area contributed by atoms with Gasteiger partial charge in [0.05, 0.1) is 24.9 Å². The van der Waals surface area contributed by atoms with Crippen molar-refractivity contribution in [2.75, 3.05) is 13.2 Å². The van der Waals surface area contributed by atoms with Crippen molar-refractivity contribution in [2.24, 2.45) is 0 Å². The number of hydrogen-bond acceptors (Lipinski definition) is 4. The molecule has 1 aromatic carbocycles. The molecule has 0 N–H and O–H groups in total. The Bertz CT molecular complexity index is 693. The predicted octanol–water partition coefficient (Wildman–Crippen LogP) is 3.22. The second-order valence-corrected chi connectivity index (χ2v) is 6.52. The van der Waals surface area contributed by atoms with Crippen molar-refractivity contribution < 1.29 is 13.9 Å². The van der Waals surface area contributed by atoms with E-state index in [-0.39, 0.29) is 18.1 Å². The molecule has 1 aromatic heterocycles. The number of rotatable bonds is 4. The molecule has 0 bridgehead atoms. The highest BCUT2D eigenvalue weighted by molar-refractivity contribution is 5.76. The molecule has 2 unspecified atom stereocenters. The largest absolute Gasteiger partial charge is 0.441 e. The van der Waals surface area contributed by atoms with Crippen LogP contribution in [0.2, 0.25) is 0 Å². The summed E-state index contributed by atoms with van der Waals surface area (Å²) in [6.45, 7) is 7.32. The van der Waals surface area contributed by atoms with E-state index in [9.17, 15) is 4.79 Å². The summed E-state index contributed by atoms with van der Waals surface area (Å²) in [6.07, 6.45) is 2.75. The van der Waals surface area contributed by atoms with Gasteiger partial charge in [-0.05, 0) is 20.8 Å². The standard InChI is InChI=1S/C19H24N2O3/c1-13-4-6-16(7-5-13)17-10-20-18(24-17)8-9-19(22)21-11-15(3)23-12-14(21)2/h4-7,10,14-15H,8-9,11-12H2,1-3H3. The van der Waals surface area contributed by atoms with Gasteiger partial charge in [0.1, 0.15) is 0 Å². The second kappa shape index (κ2) is 7.18. The zero-order valence-corrected chi connectivity index (χ0v) is 14.5. The lowest BCUT2D eigenvalue weighted by atomic mass is 10.1. The van der Waals surface area contributed by atoms with Crippen LogP contribution in [0.5, 0.6) is 0 Å². The molecule has 128 valence electrons. The van der Waals surface area contributed by atoms with Gasteiger partial charge in [-0.2, -0.15) is 0 Å². The van der Waals surface area contributed by atoms with Gasteiger partial charge in [0, 0.05) is 24.9 Å². The van der Waals surface area contributed by atoms with Crippen molar-refractivity contribution in [3.8, 4) is 11.3 Å². The number of benzene rings is 1. The van der Waals surface area contributed by atoms with E-state index < -0.39 is 0 Å². The third-order valence-electron chi connectivity index (χ3n) is 4.37. The van der Waals surface area contributed by atoms with E-state index in [1.54, 1.807) is 6.20 Å². The molecule has 0 radical (unpaired) electrons. The lowest BCUT2D eigenvalue weighted by Crippen LogP contribution is -2.50. The van der Waals surface area contributed by atoms with E-state index in [0.29, 0.717) is 31.9 Å². The zero-order chi connectivity index (χ0) is 17.1. The topological polar surface area (TPSA) is 55.6 Å². The van der Waals surface area contributed by atoms with E-state index in [4.69, 9.17) is 9.15 Å². The molecule has 24 heavy (non-hydrogen) atoms. The van der Waals surface area contributed by atoms with Crippen molar-refractivity contribution >= 4 is 5.91 Å². The summed E-state index contributed by atoms with van der Waals surface area (Å²) in [4.78, 5) is 18.6. The number of carbonyl (C=O) groups excluding carboxylic acids is 1. The SMILES string of the molecule is Cc1ccc(-c2cnc(CCC(=O)N3CC(C)OCC3C)o2)cc1. The summed E-state index contributed by atoms with van der Waals surface area (Å²) >= 11 is 0. The van der Waals surface area contributed by atoms with Crippen molar-refractivity contribution in [1.82, 2.24) is 9.88 Å². The van der Waals surface area contributed by atoms with Crippen LogP contribution in [-0.2, 0) is 16.0 Å². The maximum absolute atomic E-state index is 12.4. The van der Waals surface area contributed by atoms with Crippen LogP contribution in [-0.4, -0.2) is 41.1 Å². The van der Waals surface area contributed by atoms with Crippen LogP contribution in [0.25, 0.3) is 11.3 Å². The molecule has 0 aliphatic carbocycles. The van der Waals surface area contributed by atoms with E-state index >= 15 is 0 Å². The monoisotopic (exact) mass is 328 g/mol. The van der Waals surface area contributed by atoms with Gasteiger partial charge in [0.15, 0.2) is 11.7 Å². The number of aromatic nitrogens is 1. The normalized spacial score (nSPS) is 21.0. The van der Waals surface area contributed by atoms with Crippen LogP contribution in [0.3, 0.4) is 0 Å². The minimum atomic E-state index is 0.0972. The number of morpholine rings is 1. The first kappa shape index (κ1) is 16.7. The molecule has 2 heterocycles. The number of oxazole rings is 1. The Morgan fingerprint density at radius 2 is 2.04 bits per heavy atom. The smallest absolute Gasteiger partial charge is 0.223 e. The fraction of sp³-hybridized carbons (Fsp3) is 0.474. The van der Waals surface area contributed by atoms with E-state index in [0.717, 1.165) is 11.3 Å². The van der Waals surface area contributed by atoms with Gasteiger partial charge in [-0.3, -0.25) is 4.79 Å². The maximum atomic E-state index is 12.4. The Hall–Kier alpha value is -2.14. The Balaban J connectivity index is 1.59. The van der Waals surface area contributed by atoms with Gasteiger partial charge in [-0.15, -0.1) is 0 Å². The highest BCUT2D eigenvalue weighted by Gasteiger charge is 2.27. The molecule has 1 fully saturated rings. The number of aryl methyl sites for hydroxylation is 2. The number of carbonyl (C=O) groups is 1. The first-order valence-electron chi connectivity index (χ1n) is 8.45. The van der Waals surface area contributed by atoms with Crippen LogP contribution < -0.4 is 0 Å². The number of hydrogen-bond donors (Lipinski definition) is 0. The molecule has 5 heteroatoms. The lowest BCUT2D eigenvalue weighted by molar-refractivity contribution is -0.143. The van der Waals surface area contributed by atoms with E-state index in [1.165, 1.54) is 5.56 Å². The van der Waals surface area contributed by atoms with Crippen molar-refractivity contribution in [3.05, 3.63) is 41.9 Å². The number of nitrogens with zero attached hydrogens (tertiary/aromatic N) is 2. The Morgan fingerprint density at radius 1 is 1.29 bits per heavy atom. The molecular formula is C19H24N2O3. The van der Waals surface area contributed by atoms with E-state index in [1.807, 2.05) is 43.0 Å². The molecule has 2 atom stereocenters. The minimum Gasteiger partial charge on any atom is -0.441 e. The molecule has 0 spiro atoms. The highest BCUT2D eigenvalue weighted by atomic mass is 16.5. The molecule has 2 aromatic rings. The first-order valence-corrected chi connectivity index (χ1v) is 8.45. The predicted molar refractivity (Wildman–Crippen MR) is 91.6 cm³/mol. The van der Waals surface area contributed by atoms with Crippen molar-refractivity contribution in [1.29, 1.82) is 0 Å². The van der Waals surface area contributed by atoms with Gasteiger partial charge in [-0.25, -0.2) is 4.98 Å². The summed E-state index contributed by atoms with van der Waals surface area (Å²) in [5.41, 5.74) is 2.21. The van der Waals surface area contributed by atoms with Crippen LogP contribution in [0, 0.1) is 6.92 Å². The average Bonchev–Trinajstić information content (AvgIpc) is 3.04. The van der Waals surface area contributed by atoms with Crippen LogP contribution in [0.15, 0.2) is 34.9 Å². The molecule has 1 amide bonds. The average molecular weight is 328 g/mol. The summed E-state index contributed by atoms with van der Waals surface area (Å²) in [5.74, 6) is 1.48. The summed E-state index contributed by atoms with van der Waals surface area (Å²) in [6, 6.07) is 8.24. The van der Waals surface area contributed by atoms with Gasteiger partial charge in [-0.1, -0.05) is 29.8 Å². The fourth-order valence-electron chi connectivity index (χ4n) is 2.89. The van der Waals surface area contributed by atoms with E-state index in [2.05, 4.69) is 11.9 Å². The molecular weight excluding hydrogens is 304 g/mol. The Kier molecular flexibility index (Phi) is 5.00. The van der Waals surface area contributed by atoms with Gasteiger partial charge in [0.25, 0.3) is 0 Å². The first-order chi connectivity index (χ1) is 11.5. The third-order valence-corrected chi connectivity index (χ3v) is 4.37. The maximum Gasteiger partial charge on any atom is 0.223 e. The molecule has 5 nitrogen and oxygen atoms in total. The zero-order valence-electron chi connectivity index (χ0n) is 14.5. The Labute approximate surface area is 142 Å². The van der Waals surface area contributed by atoms with Gasteiger partial charge < -0.3 is 14.1 Å². The molecule has 1 saturated heterocycles. The second-order valence-electron chi connectivity index (χ2n) is 6.52. The van der Waals surface area contributed by atoms with Crippen molar-refractivity contribution in [2.45, 2.75) is 45.8 Å². The minimum absolute atomic E-state index is 0.0972. The van der Waals surface area contributed by atoms with Gasteiger partial charge >= 0.3 is 0 Å². The Morgan fingerprint density at radius 3 is 2.79 bits per heavy atom. The van der Waals surface area contributed by atoms with Crippen LogP contribution in [0.4, 0.5) is 0 Å². The van der Waals surface area contributed by atoms with Crippen molar-refractivity contribution in [3.63, 3.8) is 0 Å². The summed E-state index contributed by atoms with van der Waals surface area (Å²) in [5, 5.41) is 0. The van der Waals surface area contributed by atoms with Gasteiger partial charge in [0.2, 0.25) is 5.91 Å². The number of amides is 1. The molecule has 0 saturated carbocycles. The molecule has 3 rings (SSSR count). The third kappa shape index (κ3) is 3.85. The fourth-order valence-corrected chi connectivity index (χ4v) is 2.89. The quantitative estimate of drug-likeness (QED) is 0.865. The molecule has 1 aliphatic heterocycles.